The first-order valence-corrected chi connectivity index (χ1v) is 9.77. The molecule has 0 aliphatic carbocycles. The molecule has 8 heteroatoms. The van der Waals surface area contributed by atoms with Gasteiger partial charge in [0, 0.05) is 36.9 Å². The smallest absolute Gasteiger partial charge is 0.203 e. The highest BCUT2D eigenvalue weighted by Gasteiger charge is 2.19. The van der Waals surface area contributed by atoms with Gasteiger partial charge in [0.25, 0.3) is 0 Å². The number of halogens is 1. The van der Waals surface area contributed by atoms with Crippen molar-refractivity contribution in [3.8, 4) is 17.2 Å². The number of methoxy groups -OCH3 is 3. The molecule has 1 aliphatic heterocycles. The van der Waals surface area contributed by atoms with E-state index in [2.05, 4.69) is 14.8 Å². The second-order valence-corrected chi connectivity index (χ2v) is 7.09. The van der Waals surface area contributed by atoms with Crippen LogP contribution < -0.4 is 24.8 Å². The third-order valence-electron chi connectivity index (χ3n) is 4.94. The first-order chi connectivity index (χ1) is 14.0. The van der Waals surface area contributed by atoms with Gasteiger partial charge in [-0.15, -0.1) is 0 Å². The van der Waals surface area contributed by atoms with Crippen molar-refractivity contribution in [3.05, 3.63) is 47.0 Å². The minimum Gasteiger partial charge on any atom is -0.493 e. The van der Waals surface area contributed by atoms with Crippen molar-refractivity contribution in [2.45, 2.75) is 6.54 Å². The molecule has 0 bridgehead atoms. The fourth-order valence-electron chi connectivity index (χ4n) is 3.34. The Labute approximate surface area is 176 Å². The predicted octanol–water partition coefficient (Wildman–Crippen LogP) is 3.00. The zero-order valence-electron chi connectivity index (χ0n) is 17.0. The summed E-state index contributed by atoms with van der Waals surface area (Å²) in [6, 6.07) is 11.7. The summed E-state index contributed by atoms with van der Waals surface area (Å²) in [5, 5.41) is 0.746. The third-order valence-corrected chi connectivity index (χ3v) is 5.20. The Morgan fingerprint density at radius 3 is 2.07 bits per heavy atom. The lowest BCUT2D eigenvalue weighted by atomic mass is 10.2. The van der Waals surface area contributed by atoms with Gasteiger partial charge in [-0.25, -0.2) is 4.99 Å². The van der Waals surface area contributed by atoms with Crippen molar-refractivity contribution in [1.29, 1.82) is 0 Å². The van der Waals surface area contributed by atoms with Crippen LogP contribution in [0.5, 0.6) is 17.2 Å². The van der Waals surface area contributed by atoms with E-state index in [0.29, 0.717) is 29.8 Å². The van der Waals surface area contributed by atoms with Crippen LogP contribution in [0.1, 0.15) is 5.56 Å². The van der Waals surface area contributed by atoms with Crippen LogP contribution in [-0.4, -0.2) is 58.4 Å². The molecule has 2 N–H and O–H groups in total. The molecular formula is C21H27ClN4O3. The van der Waals surface area contributed by atoms with Crippen molar-refractivity contribution < 1.29 is 14.2 Å². The number of nitrogens with zero attached hydrogens (tertiary/aromatic N) is 3. The molecule has 156 valence electrons. The SMILES string of the molecule is COc1cc(CN=C(N)N2CCN(c3ccc(Cl)cc3)CC2)cc(OC)c1OC. The van der Waals surface area contributed by atoms with Crippen LogP contribution in [0, 0.1) is 0 Å². The molecule has 0 amide bonds. The van der Waals surface area contributed by atoms with Gasteiger partial charge in [0.15, 0.2) is 17.5 Å². The number of rotatable bonds is 6. The Kier molecular flexibility index (Phi) is 6.93. The summed E-state index contributed by atoms with van der Waals surface area (Å²) in [6.07, 6.45) is 0. The third kappa shape index (κ3) is 4.98. The molecule has 3 rings (SSSR count). The van der Waals surface area contributed by atoms with Crippen LogP contribution in [0.2, 0.25) is 5.02 Å². The zero-order chi connectivity index (χ0) is 20.8. The van der Waals surface area contributed by atoms with E-state index in [0.717, 1.165) is 36.8 Å². The number of guanidine groups is 1. The average molecular weight is 419 g/mol. The molecule has 1 fully saturated rings. The monoisotopic (exact) mass is 418 g/mol. The van der Waals surface area contributed by atoms with Crippen LogP contribution in [0.25, 0.3) is 0 Å². The lowest BCUT2D eigenvalue weighted by Gasteiger charge is -2.36. The van der Waals surface area contributed by atoms with E-state index < -0.39 is 0 Å². The molecule has 2 aromatic carbocycles. The summed E-state index contributed by atoms with van der Waals surface area (Å²) in [7, 11) is 4.78. The van der Waals surface area contributed by atoms with Crippen molar-refractivity contribution in [3.63, 3.8) is 0 Å². The van der Waals surface area contributed by atoms with Gasteiger partial charge < -0.3 is 29.7 Å². The topological polar surface area (TPSA) is 72.6 Å². The molecule has 29 heavy (non-hydrogen) atoms. The highest BCUT2D eigenvalue weighted by molar-refractivity contribution is 6.30. The number of anilines is 1. The Hall–Kier alpha value is -2.80. The van der Waals surface area contributed by atoms with Crippen LogP contribution in [0.4, 0.5) is 5.69 Å². The number of ether oxygens (including phenoxy) is 3. The minimum absolute atomic E-state index is 0.431. The maximum absolute atomic E-state index is 6.25. The fourth-order valence-corrected chi connectivity index (χ4v) is 3.47. The molecule has 7 nitrogen and oxygen atoms in total. The van der Waals surface area contributed by atoms with E-state index in [1.807, 2.05) is 36.4 Å². The summed E-state index contributed by atoms with van der Waals surface area (Å²) in [5.74, 6) is 2.31. The molecule has 1 aliphatic rings. The van der Waals surface area contributed by atoms with Crippen molar-refractivity contribution in [1.82, 2.24) is 4.90 Å². The van der Waals surface area contributed by atoms with E-state index in [-0.39, 0.29) is 0 Å². The van der Waals surface area contributed by atoms with Gasteiger partial charge in [0.2, 0.25) is 5.75 Å². The number of benzene rings is 2. The van der Waals surface area contributed by atoms with Gasteiger partial charge in [-0.1, -0.05) is 11.6 Å². The first-order valence-electron chi connectivity index (χ1n) is 9.40. The van der Waals surface area contributed by atoms with Gasteiger partial charge in [0.05, 0.1) is 27.9 Å². The molecular weight excluding hydrogens is 392 g/mol. The summed E-state index contributed by atoms with van der Waals surface area (Å²) in [5.41, 5.74) is 8.35. The normalized spacial score (nSPS) is 14.7. The van der Waals surface area contributed by atoms with E-state index >= 15 is 0 Å². The standard InChI is InChI=1S/C21H27ClN4O3/c1-27-18-12-15(13-19(28-2)20(18)29-3)14-24-21(23)26-10-8-25(9-11-26)17-6-4-16(22)5-7-17/h4-7,12-13H,8-11,14H2,1-3H3,(H2,23,24). The highest BCUT2D eigenvalue weighted by Crippen LogP contribution is 2.38. The Bertz CT molecular complexity index is 824. The van der Waals surface area contributed by atoms with Crippen molar-refractivity contribution in [2.24, 2.45) is 10.7 Å². The second-order valence-electron chi connectivity index (χ2n) is 6.66. The number of piperazine rings is 1. The van der Waals surface area contributed by atoms with Gasteiger partial charge in [-0.2, -0.15) is 0 Å². The largest absolute Gasteiger partial charge is 0.493 e. The van der Waals surface area contributed by atoms with E-state index in [4.69, 9.17) is 31.5 Å². The van der Waals surface area contributed by atoms with Crippen molar-refractivity contribution in [2.75, 3.05) is 52.4 Å². The maximum Gasteiger partial charge on any atom is 0.203 e. The van der Waals surface area contributed by atoms with Gasteiger partial charge >= 0.3 is 0 Å². The molecule has 1 saturated heterocycles. The summed E-state index contributed by atoms with van der Waals surface area (Å²) in [4.78, 5) is 8.99. The molecule has 0 saturated carbocycles. The fraction of sp³-hybridized carbons (Fsp3) is 0.381. The van der Waals surface area contributed by atoms with Crippen LogP contribution in [0.15, 0.2) is 41.4 Å². The van der Waals surface area contributed by atoms with Gasteiger partial charge in [-0.05, 0) is 42.0 Å². The number of nitrogens with two attached hydrogens (primary N) is 1. The quantitative estimate of drug-likeness (QED) is 0.574. The lowest BCUT2D eigenvalue weighted by molar-refractivity contribution is 0.324. The zero-order valence-corrected chi connectivity index (χ0v) is 17.8. The van der Waals surface area contributed by atoms with Crippen molar-refractivity contribution >= 4 is 23.2 Å². The van der Waals surface area contributed by atoms with Gasteiger partial charge in [-0.3, -0.25) is 0 Å². The molecule has 0 atom stereocenters. The minimum atomic E-state index is 0.431. The molecule has 2 aromatic rings. The summed E-state index contributed by atoms with van der Waals surface area (Å²) >= 11 is 5.97. The Morgan fingerprint density at radius 2 is 1.55 bits per heavy atom. The molecule has 0 unspecified atom stereocenters. The highest BCUT2D eigenvalue weighted by atomic mass is 35.5. The molecule has 0 spiro atoms. The first kappa shape index (κ1) is 20.9. The van der Waals surface area contributed by atoms with E-state index in [1.165, 1.54) is 5.69 Å². The summed E-state index contributed by atoms with van der Waals surface area (Å²) < 4.78 is 16.1. The van der Waals surface area contributed by atoms with Gasteiger partial charge in [0.1, 0.15) is 0 Å². The number of hydrogen-bond donors (Lipinski definition) is 1. The number of hydrogen-bond acceptors (Lipinski definition) is 5. The Morgan fingerprint density at radius 1 is 0.966 bits per heavy atom. The molecule has 0 aromatic heterocycles. The second kappa shape index (κ2) is 9.60. The Balaban J connectivity index is 1.63. The number of aliphatic imine (C=N–C) groups is 1. The van der Waals surface area contributed by atoms with Crippen LogP contribution in [0.3, 0.4) is 0 Å². The average Bonchev–Trinajstić information content (AvgIpc) is 2.77. The van der Waals surface area contributed by atoms with E-state index in [9.17, 15) is 0 Å². The van der Waals surface area contributed by atoms with E-state index in [1.54, 1.807) is 21.3 Å². The maximum atomic E-state index is 6.25. The lowest BCUT2D eigenvalue weighted by Crippen LogP contribution is -2.51. The molecule has 0 radical (unpaired) electrons. The van der Waals surface area contributed by atoms with Crippen LogP contribution >= 0.6 is 11.6 Å². The summed E-state index contributed by atoms with van der Waals surface area (Å²) in [6.45, 7) is 3.81. The van der Waals surface area contributed by atoms with Crippen LogP contribution in [-0.2, 0) is 6.54 Å². The molecule has 1 heterocycles. The predicted molar refractivity (Wildman–Crippen MR) is 117 cm³/mol.